The predicted molar refractivity (Wildman–Crippen MR) is 72.9 cm³/mol. The molecule has 0 spiro atoms. The van der Waals surface area contributed by atoms with Crippen LogP contribution in [0.3, 0.4) is 0 Å². The minimum absolute atomic E-state index is 0.359. The van der Waals surface area contributed by atoms with Gasteiger partial charge in [0.25, 0.3) is 5.56 Å². The molecule has 0 aliphatic carbocycles. The molecule has 6 heteroatoms. The summed E-state index contributed by atoms with van der Waals surface area (Å²) in [5, 5.41) is 8.77. The molecule has 0 fully saturated rings. The SMILES string of the molecule is COc1cccc(-c2cc(=O)n(CC(=O)O)c(C)n2)c1. The fraction of sp³-hybridized carbons (Fsp3) is 0.214. The summed E-state index contributed by atoms with van der Waals surface area (Å²) in [6.07, 6.45) is 0. The third-order valence-corrected chi connectivity index (χ3v) is 2.86. The maximum Gasteiger partial charge on any atom is 0.323 e. The van der Waals surface area contributed by atoms with Gasteiger partial charge in [-0.05, 0) is 19.1 Å². The number of rotatable bonds is 4. The lowest BCUT2D eigenvalue weighted by atomic mass is 10.1. The number of hydrogen-bond donors (Lipinski definition) is 1. The molecule has 0 radical (unpaired) electrons. The number of aromatic nitrogens is 2. The molecule has 0 atom stereocenters. The third-order valence-electron chi connectivity index (χ3n) is 2.86. The Morgan fingerprint density at radius 1 is 1.40 bits per heavy atom. The standard InChI is InChI=1S/C14H14N2O4/c1-9-15-12(7-13(17)16(9)8-14(18)19)10-4-3-5-11(6-10)20-2/h3-7H,8H2,1-2H3,(H,18,19). The first-order valence-electron chi connectivity index (χ1n) is 5.96. The minimum Gasteiger partial charge on any atom is -0.497 e. The summed E-state index contributed by atoms with van der Waals surface area (Å²) in [6, 6.07) is 8.49. The maximum absolute atomic E-state index is 12.0. The molecular weight excluding hydrogens is 260 g/mol. The van der Waals surface area contributed by atoms with Gasteiger partial charge in [-0.25, -0.2) is 4.98 Å². The molecule has 0 saturated carbocycles. The highest BCUT2D eigenvalue weighted by Gasteiger charge is 2.10. The van der Waals surface area contributed by atoms with Gasteiger partial charge in [0.2, 0.25) is 0 Å². The van der Waals surface area contributed by atoms with E-state index in [1.54, 1.807) is 32.2 Å². The molecule has 1 aromatic carbocycles. The molecule has 104 valence electrons. The molecule has 0 aliphatic rings. The van der Waals surface area contributed by atoms with Crippen molar-refractivity contribution >= 4 is 5.97 Å². The zero-order valence-corrected chi connectivity index (χ0v) is 11.2. The van der Waals surface area contributed by atoms with Gasteiger partial charge in [0, 0.05) is 11.6 Å². The van der Waals surface area contributed by atoms with E-state index in [-0.39, 0.29) is 0 Å². The molecule has 6 nitrogen and oxygen atoms in total. The van der Waals surface area contributed by atoms with Crippen molar-refractivity contribution in [2.24, 2.45) is 0 Å². The van der Waals surface area contributed by atoms with E-state index in [1.165, 1.54) is 6.07 Å². The molecule has 1 aromatic heterocycles. The van der Waals surface area contributed by atoms with Crippen LogP contribution in [0.1, 0.15) is 5.82 Å². The van der Waals surface area contributed by atoms with Crippen molar-refractivity contribution in [3.05, 3.63) is 46.5 Å². The Kier molecular flexibility index (Phi) is 3.84. The van der Waals surface area contributed by atoms with Gasteiger partial charge < -0.3 is 9.84 Å². The summed E-state index contributed by atoms with van der Waals surface area (Å²) >= 11 is 0. The van der Waals surface area contributed by atoms with Gasteiger partial charge in [-0.1, -0.05) is 12.1 Å². The van der Waals surface area contributed by atoms with E-state index in [0.29, 0.717) is 17.3 Å². The molecule has 2 aromatic rings. The van der Waals surface area contributed by atoms with E-state index in [9.17, 15) is 9.59 Å². The Morgan fingerprint density at radius 2 is 2.15 bits per heavy atom. The van der Waals surface area contributed by atoms with Crippen LogP contribution in [-0.4, -0.2) is 27.7 Å². The maximum atomic E-state index is 12.0. The average Bonchev–Trinajstić information content (AvgIpc) is 2.42. The highest BCUT2D eigenvalue weighted by atomic mass is 16.5. The van der Waals surface area contributed by atoms with Crippen molar-refractivity contribution in [1.29, 1.82) is 0 Å². The summed E-state index contributed by atoms with van der Waals surface area (Å²) in [5.41, 5.74) is 0.845. The lowest BCUT2D eigenvalue weighted by molar-refractivity contribution is -0.137. The van der Waals surface area contributed by atoms with E-state index in [1.807, 2.05) is 6.07 Å². The van der Waals surface area contributed by atoms with E-state index in [0.717, 1.165) is 10.1 Å². The number of methoxy groups -OCH3 is 1. The van der Waals surface area contributed by atoms with Crippen molar-refractivity contribution in [2.45, 2.75) is 13.5 Å². The molecule has 0 amide bonds. The van der Waals surface area contributed by atoms with Crippen LogP contribution in [0.2, 0.25) is 0 Å². The molecule has 20 heavy (non-hydrogen) atoms. The molecule has 1 N–H and O–H groups in total. The largest absolute Gasteiger partial charge is 0.497 e. The zero-order chi connectivity index (χ0) is 14.7. The van der Waals surface area contributed by atoms with Crippen molar-refractivity contribution in [3.63, 3.8) is 0 Å². The van der Waals surface area contributed by atoms with Crippen molar-refractivity contribution < 1.29 is 14.6 Å². The Bertz CT molecular complexity index is 707. The molecule has 0 saturated heterocycles. The van der Waals surface area contributed by atoms with Crippen LogP contribution in [0.15, 0.2) is 35.1 Å². The van der Waals surface area contributed by atoms with Crippen molar-refractivity contribution in [1.82, 2.24) is 9.55 Å². The first kappa shape index (κ1) is 13.8. The van der Waals surface area contributed by atoms with Gasteiger partial charge in [-0.2, -0.15) is 0 Å². The number of carbonyl (C=O) groups is 1. The van der Waals surface area contributed by atoms with Crippen LogP contribution in [-0.2, 0) is 11.3 Å². The highest BCUT2D eigenvalue weighted by Crippen LogP contribution is 2.21. The van der Waals surface area contributed by atoms with E-state index in [4.69, 9.17) is 9.84 Å². The first-order valence-corrected chi connectivity index (χ1v) is 5.96. The number of hydrogen-bond acceptors (Lipinski definition) is 4. The average molecular weight is 274 g/mol. The summed E-state index contributed by atoms with van der Waals surface area (Å²) in [4.78, 5) is 26.9. The fourth-order valence-corrected chi connectivity index (χ4v) is 1.88. The van der Waals surface area contributed by atoms with Gasteiger partial charge in [-0.3, -0.25) is 14.2 Å². The summed E-state index contributed by atoms with van der Waals surface area (Å²) in [5.74, 6) is -0.0551. The summed E-state index contributed by atoms with van der Waals surface area (Å²) in [7, 11) is 1.56. The normalized spacial score (nSPS) is 10.3. The molecular formula is C14H14N2O4. The lowest BCUT2D eigenvalue weighted by Crippen LogP contribution is -2.26. The van der Waals surface area contributed by atoms with Gasteiger partial charge >= 0.3 is 5.97 Å². The van der Waals surface area contributed by atoms with Crippen LogP contribution in [0, 0.1) is 6.92 Å². The zero-order valence-electron chi connectivity index (χ0n) is 11.2. The van der Waals surface area contributed by atoms with Crippen LogP contribution >= 0.6 is 0 Å². The van der Waals surface area contributed by atoms with Crippen LogP contribution in [0.4, 0.5) is 0 Å². The second-order valence-corrected chi connectivity index (χ2v) is 4.24. The number of ether oxygens (including phenoxy) is 1. The van der Waals surface area contributed by atoms with Crippen LogP contribution < -0.4 is 10.3 Å². The van der Waals surface area contributed by atoms with Gasteiger partial charge in [0.1, 0.15) is 18.1 Å². The fourth-order valence-electron chi connectivity index (χ4n) is 1.88. The summed E-state index contributed by atoms with van der Waals surface area (Å²) < 4.78 is 6.24. The number of carboxylic acids is 1. The van der Waals surface area contributed by atoms with Crippen molar-refractivity contribution in [2.75, 3.05) is 7.11 Å². The van der Waals surface area contributed by atoms with E-state index in [2.05, 4.69) is 4.98 Å². The molecule has 1 heterocycles. The number of aryl methyl sites for hydroxylation is 1. The number of aliphatic carboxylic acids is 1. The second-order valence-electron chi connectivity index (χ2n) is 4.24. The Morgan fingerprint density at radius 3 is 2.75 bits per heavy atom. The lowest BCUT2D eigenvalue weighted by Gasteiger charge is -2.09. The van der Waals surface area contributed by atoms with Crippen LogP contribution in [0.25, 0.3) is 11.3 Å². The van der Waals surface area contributed by atoms with Gasteiger partial charge in [-0.15, -0.1) is 0 Å². The Labute approximate surface area is 115 Å². The monoisotopic (exact) mass is 274 g/mol. The predicted octanol–water partition coefficient (Wildman–Crippen LogP) is 1.31. The number of benzene rings is 1. The smallest absolute Gasteiger partial charge is 0.323 e. The van der Waals surface area contributed by atoms with Gasteiger partial charge in [0.15, 0.2) is 0 Å². The molecule has 0 unspecified atom stereocenters. The van der Waals surface area contributed by atoms with E-state index < -0.39 is 18.1 Å². The third kappa shape index (κ3) is 2.85. The molecule has 2 rings (SSSR count). The van der Waals surface area contributed by atoms with E-state index >= 15 is 0 Å². The number of carboxylic acid groups (broad SMARTS) is 1. The van der Waals surface area contributed by atoms with Gasteiger partial charge in [0.05, 0.1) is 12.8 Å². The molecule has 0 aliphatic heterocycles. The quantitative estimate of drug-likeness (QED) is 0.909. The Hall–Kier alpha value is -2.63. The van der Waals surface area contributed by atoms with Crippen LogP contribution in [0.5, 0.6) is 5.75 Å². The van der Waals surface area contributed by atoms with Crippen molar-refractivity contribution in [3.8, 4) is 17.0 Å². The Balaban J connectivity index is 2.49. The topological polar surface area (TPSA) is 81.4 Å². The summed E-state index contributed by atoms with van der Waals surface area (Å²) in [6.45, 7) is 1.21. The highest BCUT2D eigenvalue weighted by molar-refractivity contribution is 5.67. The molecule has 0 bridgehead atoms. The first-order chi connectivity index (χ1) is 9.51. The number of nitrogens with zero attached hydrogens (tertiary/aromatic N) is 2. The second kappa shape index (κ2) is 5.56. The minimum atomic E-state index is -1.08.